The van der Waals surface area contributed by atoms with Crippen LogP contribution in [0.5, 0.6) is 23.0 Å². The van der Waals surface area contributed by atoms with Crippen molar-refractivity contribution in [3.63, 3.8) is 0 Å². The molecule has 0 radical (unpaired) electrons. The second kappa shape index (κ2) is 9.72. The lowest BCUT2D eigenvalue weighted by Crippen LogP contribution is -2.57. The van der Waals surface area contributed by atoms with E-state index >= 15 is 0 Å². The second-order valence-electron chi connectivity index (χ2n) is 11.9. The Morgan fingerprint density at radius 1 is 0.478 bits per heavy atom. The zero-order valence-electron chi connectivity index (χ0n) is 24.7. The normalized spacial score (nSPS) is 12.7. The molecule has 2 aliphatic rings. The SMILES string of the molecule is c1ccc(-c2ccc3c(c2)B2c4cc(-c5ccccn5)ccc4Oc4cc(-n5c6ccccc6c6ccccc65)cc(c42)O3)cc1. The number of pyridine rings is 1. The molecule has 10 rings (SSSR count). The molecular weight excluding hydrogens is 563 g/mol. The van der Waals surface area contributed by atoms with Gasteiger partial charge in [0.2, 0.25) is 0 Å². The van der Waals surface area contributed by atoms with Gasteiger partial charge in [0.25, 0.3) is 6.71 Å². The molecule has 0 fully saturated rings. The molecule has 0 saturated heterocycles. The van der Waals surface area contributed by atoms with Gasteiger partial charge in [-0.2, -0.15) is 0 Å². The van der Waals surface area contributed by atoms with E-state index in [9.17, 15) is 0 Å². The molecule has 4 nitrogen and oxygen atoms in total. The molecule has 0 unspecified atom stereocenters. The lowest BCUT2D eigenvalue weighted by molar-refractivity contribution is 0.464. The molecule has 214 valence electrons. The summed E-state index contributed by atoms with van der Waals surface area (Å²) in [5, 5.41) is 2.44. The number of ether oxygens (including phenoxy) is 2. The minimum Gasteiger partial charge on any atom is -0.458 e. The summed E-state index contributed by atoms with van der Waals surface area (Å²) in [7, 11) is 0. The van der Waals surface area contributed by atoms with Crippen LogP contribution >= 0.6 is 0 Å². The molecule has 0 N–H and O–H groups in total. The van der Waals surface area contributed by atoms with Gasteiger partial charge in [-0.3, -0.25) is 4.98 Å². The Hall–Kier alpha value is -6.07. The molecule has 0 saturated carbocycles. The fraction of sp³-hybridized carbons (Fsp3) is 0. The summed E-state index contributed by atoms with van der Waals surface area (Å²) in [5.74, 6) is 3.33. The standard InChI is InChI=1S/C41H25BN2O2/c1-2-10-26(11-3-1)27-17-19-37-32(22-27)42-33-23-28(34-14-8-9-21-43-34)18-20-38(33)46-40-25-29(24-39(45-37)41(40)42)44-35-15-6-4-12-30(35)31-13-5-7-16-36(31)44/h1-25H. The number of fused-ring (bicyclic) bond motifs is 7. The molecule has 0 atom stereocenters. The Labute approximate surface area is 266 Å². The van der Waals surface area contributed by atoms with Crippen LogP contribution in [0.3, 0.4) is 0 Å². The summed E-state index contributed by atoms with van der Waals surface area (Å²) in [6.45, 7) is -0.0722. The maximum atomic E-state index is 6.80. The molecule has 0 amide bonds. The van der Waals surface area contributed by atoms with Crippen molar-refractivity contribution >= 4 is 44.9 Å². The lowest BCUT2D eigenvalue weighted by atomic mass is 9.34. The summed E-state index contributed by atoms with van der Waals surface area (Å²) in [4.78, 5) is 4.64. The summed E-state index contributed by atoms with van der Waals surface area (Å²) in [6.07, 6.45) is 1.84. The van der Waals surface area contributed by atoms with Crippen LogP contribution in [-0.4, -0.2) is 16.3 Å². The lowest BCUT2D eigenvalue weighted by Gasteiger charge is -2.34. The van der Waals surface area contributed by atoms with Crippen molar-refractivity contribution in [2.45, 2.75) is 0 Å². The number of hydrogen-bond acceptors (Lipinski definition) is 3. The fourth-order valence-electron chi connectivity index (χ4n) is 7.32. The highest BCUT2D eigenvalue weighted by molar-refractivity contribution is 6.98. The van der Waals surface area contributed by atoms with Crippen molar-refractivity contribution in [2.75, 3.05) is 0 Å². The Kier molecular flexibility index (Phi) is 5.34. The topological polar surface area (TPSA) is 36.3 Å². The van der Waals surface area contributed by atoms with Gasteiger partial charge in [0, 0.05) is 34.6 Å². The predicted octanol–water partition coefficient (Wildman–Crippen LogP) is 8.24. The van der Waals surface area contributed by atoms with Gasteiger partial charge in [0.05, 0.1) is 22.4 Å². The third kappa shape index (κ3) is 3.72. The summed E-state index contributed by atoms with van der Waals surface area (Å²) >= 11 is 0. The third-order valence-electron chi connectivity index (χ3n) is 9.37. The Morgan fingerprint density at radius 2 is 1.07 bits per heavy atom. The van der Waals surface area contributed by atoms with Crippen LogP contribution in [0.2, 0.25) is 0 Å². The Bertz CT molecular complexity index is 2320. The average Bonchev–Trinajstić information content (AvgIpc) is 3.46. The number of nitrogens with zero attached hydrogens (tertiary/aromatic N) is 2. The molecule has 2 aromatic heterocycles. The number of para-hydroxylation sites is 2. The zero-order valence-corrected chi connectivity index (χ0v) is 24.7. The summed E-state index contributed by atoms with van der Waals surface area (Å²) < 4.78 is 15.9. The zero-order chi connectivity index (χ0) is 30.2. The minimum absolute atomic E-state index is 0.0722. The number of hydrogen-bond donors (Lipinski definition) is 0. The van der Waals surface area contributed by atoms with Crippen molar-refractivity contribution in [1.29, 1.82) is 0 Å². The van der Waals surface area contributed by atoms with Crippen LogP contribution in [0.4, 0.5) is 0 Å². The van der Waals surface area contributed by atoms with E-state index in [0.717, 1.165) is 72.9 Å². The molecule has 8 aromatic rings. The number of aromatic nitrogens is 2. The molecule has 6 aromatic carbocycles. The maximum absolute atomic E-state index is 6.80. The first-order valence-corrected chi connectivity index (χ1v) is 15.6. The average molecular weight is 588 g/mol. The van der Waals surface area contributed by atoms with Crippen LogP contribution in [0.1, 0.15) is 0 Å². The van der Waals surface area contributed by atoms with Crippen molar-refractivity contribution in [1.82, 2.24) is 9.55 Å². The highest BCUT2D eigenvalue weighted by Crippen LogP contribution is 2.40. The van der Waals surface area contributed by atoms with Crippen molar-refractivity contribution in [2.24, 2.45) is 0 Å². The van der Waals surface area contributed by atoms with E-state index in [1.54, 1.807) is 0 Å². The van der Waals surface area contributed by atoms with Crippen LogP contribution in [0.25, 0.3) is 49.9 Å². The van der Waals surface area contributed by atoms with Crippen LogP contribution in [0.15, 0.2) is 152 Å². The van der Waals surface area contributed by atoms with E-state index in [1.807, 2.05) is 24.4 Å². The van der Waals surface area contributed by atoms with Crippen molar-refractivity contribution in [3.8, 4) is 51.1 Å². The Morgan fingerprint density at radius 3 is 1.72 bits per heavy atom. The molecular formula is C41H25BN2O2. The van der Waals surface area contributed by atoms with Gasteiger partial charge < -0.3 is 14.0 Å². The van der Waals surface area contributed by atoms with Crippen LogP contribution < -0.4 is 25.9 Å². The van der Waals surface area contributed by atoms with Gasteiger partial charge >= 0.3 is 0 Å². The predicted molar refractivity (Wildman–Crippen MR) is 187 cm³/mol. The molecule has 2 aliphatic heterocycles. The molecule has 0 aliphatic carbocycles. The minimum atomic E-state index is -0.0722. The van der Waals surface area contributed by atoms with Crippen LogP contribution in [-0.2, 0) is 0 Å². The Balaban J connectivity index is 1.22. The molecule has 46 heavy (non-hydrogen) atoms. The van der Waals surface area contributed by atoms with E-state index in [1.165, 1.54) is 16.3 Å². The van der Waals surface area contributed by atoms with E-state index in [0.29, 0.717) is 0 Å². The summed E-state index contributed by atoms with van der Waals surface area (Å²) in [5.41, 5.74) is 10.9. The fourth-order valence-corrected chi connectivity index (χ4v) is 7.32. The van der Waals surface area contributed by atoms with Crippen molar-refractivity contribution in [3.05, 3.63) is 152 Å². The first kappa shape index (κ1) is 25.3. The number of benzene rings is 6. The highest BCUT2D eigenvalue weighted by atomic mass is 16.5. The van der Waals surface area contributed by atoms with E-state index in [2.05, 4.69) is 137 Å². The molecule has 4 heterocycles. The van der Waals surface area contributed by atoms with E-state index in [4.69, 9.17) is 9.47 Å². The smallest absolute Gasteiger partial charge is 0.260 e. The first-order valence-electron chi connectivity index (χ1n) is 15.6. The first-order chi connectivity index (χ1) is 22.8. The number of rotatable bonds is 3. The summed E-state index contributed by atoms with van der Waals surface area (Å²) in [6, 6.07) is 51.0. The van der Waals surface area contributed by atoms with E-state index in [-0.39, 0.29) is 6.71 Å². The molecule has 5 heteroatoms. The highest BCUT2D eigenvalue weighted by Gasteiger charge is 2.41. The van der Waals surface area contributed by atoms with Gasteiger partial charge in [0.1, 0.15) is 23.0 Å². The third-order valence-corrected chi connectivity index (χ3v) is 9.37. The molecule has 0 spiro atoms. The van der Waals surface area contributed by atoms with Crippen LogP contribution in [0, 0.1) is 0 Å². The van der Waals surface area contributed by atoms with Gasteiger partial charge in [-0.15, -0.1) is 0 Å². The largest absolute Gasteiger partial charge is 0.458 e. The van der Waals surface area contributed by atoms with E-state index < -0.39 is 0 Å². The van der Waals surface area contributed by atoms with Gasteiger partial charge in [-0.05, 0) is 70.1 Å². The van der Waals surface area contributed by atoms with Gasteiger partial charge in [0.15, 0.2) is 0 Å². The quantitative estimate of drug-likeness (QED) is 0.195. The van der Waals surface area contributed by atoms with Gasteiger partial charge in [-0.1, -0.05) is 91.0 Å². The molecule has 0 bridgehead atoms. The monoisotopic (exact) mass is 588 g/mol. The van der Waals surface area contributed by atoms with Crippen molar-refractivity contribution < 1.29 is 9.47 Å². The maximum Gasteiger partial charge on any atom is 0.260 e. The second-order valence-corrected chi connectivity index (χ2v) is 11.9. The van der Waals surface area contributed by atoms with Gasteiger partial charge in [-0.25, -0.2) is 0 Å².